The third kappa shape index (κ3) is 4.28. The van der Waals surface area contributed by atoms with Gasteiger partial charge in [-0.3, -0.25) is 4.79 Å². The molecule has 0 aliphatic carbocycles. The van der Waals surface area contributed by atoms with Gasteiger partial charge in [0.15, 0.2) is 0 Å². The van der Waals surface area contributed by atoms with E-state index in [2.05, 4.69) is 15.6 Å². The number of nitrogens with zero attached hydrogens (tertiary/aromatic N) is 1. The van der Waals surface area contributed by atoms with Gasteiger partial charge in [0, 0.05) is 20.1 Å². The summed E-state index contributed by atoms with van der Waals surface area (Å²) < 4.78 is 4.91. The number of pyridine rings is 1. The number of hydrogen-bond donors (Lipinski definition) is 3. The summed E-state index contributed by atoms with van der Waals surface area (Å²) in [4.78, 5) is 15.3. The van der Waals surface area contributed by atoms with Crippen molar-refractivity contribution >= 4 is 23.2 Å². The monoisotopic (exact) mass is 238 g/mol. The molecule has 1 heterocycles. The topological polar surface area (TPSA) is 89.3 Å². The molecule has 0 aliphatic rings. The van der Waals surface area contributed by atoms with E-state index in [-0.39, 0.29) is 5.91 Å². The molecule has 0 aliphatic heterocycles. The number of anilines is 3. The van der Waals surface area contributed by atoms with Crippen molar-refractivity contribution in [2.24, 2.45) is 0 Å². The molecule has 17 heavy (non-hydrogen) atoms. The number of amides is 1. The lowest BCUT2D eigenvalue weighted by molar-refractivity contribution is -0.115. The maximum absolute atomic E-state index is 11.2. The summed E-state index contributed by atoms with van der Waals surface area (Å²) in [6, 6.07) is 3.49. The van der Waals surface area contributed by atoms with Crippen LogP contribution in [0, 0.1) is 0 Å². The first-order chi connectivity index (χ1) is 8.17. The summed E-state index contributed by atoms with van der Waals surface area (Å²) in [7, 11) is 1.63. The molecule has 94 valence electrons. The van der Waals surface area contributed by atoms with Crippen LogP contribution < -0.4 is 16.4 Å². The van der Waals surface area contributed by atoms with E-state index in [4.69, 9.17) is 10.5 Å². The van der Waals surface area contributed by atoms with Crippen molar-refractivity contribution in [1.29, 1.82) is 0 Å². The molecular weight excluding hydrogens is 220 g/mol. The van der Waals surface area contributed by atoms with E-state index >= 15 is 0 Å². The average Bonchev–Trinajstić information content (AvgIpc) is 2.32. The predicted octanol–water partition coefficient (Wildman–Crippen LogP) is 1.07. The molecule has 0 unspecified atom stereocenters. The Balaban J connectivity index is 2.62. The Kier molecular flexibility index (Phi) is 5.22. The third-order valence-corrected chi connectivity index (χ3v) is 2.13. The number of rotatable bonds is 6. The molecule has 0 aromatic carbocycles. The van der Waals surface area contributed by atoms with Crippen LogP contribution in [0.5, 0.6) is 0 Å². The molecule has 0 saturated heterocycles. The van der Waals surface area contributed by atoms with Crippen molar-refractivity contribution in [2.45, 2.75) is 13.3 Å². The molecule has 6 nitrogen and oxygen atoms in total. The summed E-state index contributed by atoms with van der Waals surface area (Å²) in [5.74, 6) is 0.877. The molecule has 0 atom stereocenters. The zero-order valence-corrected chi connectivity index (χ0v) is 10.1. The highest BCUT2D eigenvalue weighted by molar-refractivity contribution is 5.93. The summed E-state index contributed by atoms with van der Waals surface area (Å²) >= 11 is 0. The minimum Gasteiger partial charge on any atom is -0.383 e. The zero-order chi connectivity index (χ0) is 12.7. The maximum Gasteiger partial charge on any atom is 0.224 e. The van der Waals surface area contributed by atoms with Gasteiger partial charge in [-0.15, -0.1) is 0 Å². The Bertz CT molecular complexity index is 382. The number of nitrogens with one attached hydrogen (secondary N) is 2. The van der Waals surface area contributed by atoms with Crippen LogP contribution in [0.25, 0.3) is 0 Å². The fourth-order valence-corrected chi connectivity index (χ4v) is 1.20. The van der Waals surface area contributed by atoms with Crippen molar-refractivity contribution in [1.82, 2.24) is 4.98 Å². The second kappa shape index (κ2) is 6.70. The Hall–Kier alpha value is -1.82. The molecule has 1 rings (SSSR count). The van der Waals surface area contributed by atoms with Crippen LogP contribution in [0.1, 0.15) is 13.3 Å². The lowest BCUT2D eigenvalue weighted by Crippen LogP contribution is -2.13. The highest BCUT2D eigenvalue weighted by atomic mass is 16.5. The summed E-state index contributed by atoms with van der Waals surface area (Å²) in [5, 5.41) is 5.73. The smallest absolute Gasteiger partial charge is 0.224 e. The van der Waals surface area contributed by atoms with E-state index in [1.165, 1.54) is 0 Å². The van der Waals surface area contributed by atoms with Crippen LogP contribution in [-0.2, 0) is 9.53 Å². The second-order valence-corrected chi connectivity index (χ2v) is 3.45. The Morgan fingerprint density at radius 1 is 1.53 bits per heavy atom. The van der Waals surface area contributed by atoms with E-state index in [0.717, 1.165) is 0 Å². The van der Waals surface area contributed by atoms with Gasteiger partial charge in [0.1, 0.15) is 11.6 Å². The molecule has 0 spiro atoms. The van der Waals surface area contributed by atoms with Gasteiger partial charge in [-0.2, -0.15) is 0 Å². The van der Waals surface area contributed by atoms with E-state index in [1.807, 2.05) is 0 Å². The molecule has 0 saturated carbocycles. The van der Waals surface area contributed by atoms with Crippen molar-refractivity contribution in [3.63, 3.8) is 0 Å². The summed E-state index contributed by atoms with van der Waals surface area (Å²) in [5.41, 5.74) is 6.27. The molecule has 1 amide bonds. The molecule has 1 aromatic rings. The van der Waals surface area contributed by atoms with Crippen molar-refractivity contribution in [3.05, 3.63) is 12.1 Å². The number of ether oxygens (including phenoxy) is 1. The molecule has 0 fully saturated rings. The van der Waals surface area contributed by atoms with Gasteiger partial charge in [-0.1, -0.05) is 6.92 Å². The van der Waals surface area contributed by atoms with E-state index in [0.29, 0.717) is 36.9 Å². The first-order valence-electron chi connectivity index (χ1n) is 5.46. The van der Waals surface area contributed by atoms with E-state index in [1.54, 1.807) is 26.2 Å². The number of nitrogens with two attached hydrogens (primary N) is 1. The van der Waals surface area contributed by atoms with Crippen LogP contribution in [0.3, 0.4) is 0 Å². The van der Waals surface area contributed by atoms with E-state index in [9.17, 15) is 4.79 Å². The highest BCUT2D eigenvalue weighted by Gasteiger charge is 2.05. The standard InChI is InChI=1S/C11H18N4O2/c1-3-10(16)14-8-4-5-9(15-11(8)12)13-6-7-17-2/h4-5H,3,6-7H2,1-2H3,(H,14,16)(H3,12,13,15). The van der Waals surface area contributed by atoms with Crippen molar-refractivity contribution in [3.8, 4) is 0 Å². The van der Waals surface area contributed by atoms with Crippen LogP contribution in [0.2, 0.25) is 0 Å². The Labute approximate surface area is 101 Å². The minimum absolute atomic E-state index is 0.0846. The van der Waals surface area contributed by atoms with Gasteiger partial charge in [-0.05, 0) is 12.1 Å². The number of methoxy groups -OCH3 is 1. The van der Waals surface area contributed by atoms with Crippen LogP contribution >= 0.6 is 0 Å². The number of aromatic nitrogens is 1. The number of carbonyl (C=O) groups is 1. The fourth-order valence-electron chi connectivity index (χ4n) is 1.20. The molecule has 0 radical (unpaired) electrons. The van der Waals surface area contributed by atoms with Gasteiger partial charge >= 0.3 is 0 Å². The first kappa shape index (κ1) is 13.2. The third-order valence-electron chi connectivity index (χ3n) is 2.13. The van der Waals surface area contributed by atoms with Crippen LogP contribution in [0.15, 0.2) is 12.1 Å². The first-order valence-corrected chi connectivity index (χ1v) is 5.46. The lowest BCUT2D eigenvalue weighted by atomic mass is 10.3. The number of nitrogen functional groups attached to an aromatic ring is 1. The Morgan fingerprint density at radius 2 is 2.29 bits per heavy atom. The number of hydrogen-bond acceptors (Lipinski definition) is 5. The molecule has 0 bridgehead atoms. The summed E-state index contributed by atoms with van der Waals surface area (Å²) in [6.07, 6.45) is 0.410. The normalized spacial score (nSPS) is 10.0. The fraction of sp³-hybridized carbons (Fsp3) is 0.455. The minimum atomic E-state index is -0.0846. The predicted molar refractivity (Wildman–Crippen MR) is 67.9 cm³/mol. The largest absolute Gasteiger partial charge is 0.383 e. The van der Waals surface area contributed by atoms with E-state index < -0.39 is 0 Å². The van der Waals surface area contributed by atoms with Crippen molar-refractivity contribution in [2.75, 3.05) is 36.6 Å². The number of carbonyl (C=O) groups excluding carboxylic acids is 1. The lowest BCUT2D eigenvalue weighted by Gasteiger charge is -2.09. The van der Waals surface area contributed by atoms with Crippen molar-refractivity contribution < 1.29 is 9.53 Å². The molecule has 6 heteroatoms. The van der Waals surface area contributed by atoms with Crippen LogP contribution in [-0.4, -0.2) is 31.2 Å². The van der Waals surface area contributed by atoms with Gasteiger partial charge in [0.05, 0.1) is 12.3 Å². The average molecular weight is 238 g/mol. The van der Waals surface area contributed by atoms with Crippen LogP contribution in [0.4, 0.5) is 17.3 Å². The second-order valence-electron chi connectivity index (χ2n) is 3.45. The highest BCUT2D eigenvalue weighted by Crippen LogP contribution is 2.18. The summed E-state index contributed by atoms with van der Waals surface area (Å²) in [6.45, 7) is 3.03. The SMILES string of the molecule is CCC(=O)Nc1ccc(NCCOC)nc1N. The Morgan fingerprint density at radius 3 is 2.88 bits per heavy atom. The van der Waals surface area contributed by atoms with Gasteiger partial charge < -0.3 is 21.1 Å². The van der Waals surface area contributed by atoms with Gasteiger partial charge in [-0.25, -0.2) is 4.98 Å². The zero-order valence-electron chi connectivity index (χ0n) is 10.1. The molecular formula is C11H18N4O2. The molecule has 4 N–H and O–H groups in total. The maximum atomic E-state index is 11.2. The molecule has 1 aromatic heterocycles. The van der Waals surface area contributed by atoms with Gasteiger partial charge in [0.25, 0.3) is 0 Å². The van der Waals surface area contributed by atoms with Gasteiger partial charge in [0.2, 0.25) is 5.91 Å². The quantitative estimate of drug-likeness (QED) is 0.645.